The van der Waals surface area contributed by atoms with E-state index in [2.05, 4.69) is 15.0 Å². The Labute approximate surface area is 79.0 Å². The van der Waals surface area contributed by atoms with Gasteiger partial charge in [-0.05, 0) is 18.2 Å². The molecular formula is C10H5N3O. The van der Waals surface area contributed by atoms with E-state index in [1.165, 1.54) is 6.34 Å². The van der Waals surface area contributed by atoms with Gasteiger partial charge >= 0.3 is 0 Å². The number of amides is 1. The molecule has 2 heterocycles. The van der Waals surface area contributed by atoms with E-state index in [1.807, 2.05) is 12.1 Å². The fourth-order valence-electron chi connectivity index (χ4n) is 1.61. The van der Waals surface area contributed by atoms with Crippen molar-refractivity contribution in [1.29, 1.82) is 0 Å². The van der Waals surface area contributed by atoms with Crippen LogP contribution in [0.4, 0.5) is 0 Å². The van der Waals surface area contributed by atoms with Gasteiger partial charge in [-0.25, -0.2) is 4.99 Å². The Hall–Kier alpha value is -2.10. The second kappa shape index (κ2) is 2.45. The van der Waals surface area contributed by atoms with Gasteiger partial charge in [-0.2, -0.15) is 4.99 Å². The predicted molar refractivity (Wildman–Crippen MR) is 50.6 cm³/mol. The SMILES string of the molecule is O=C1N=CN=c2ccc3c(c21)C=CN=3. The van der Waals surface area contributed by atoms with E-state index in [-0.39, 0.29) is 5.91 Å². The number of benzene rings is 1. The summed E-state index contributed by atoms with van der Waals surface area (Å²) in [5.41, 5.74) is 1.38. The Balaban J connectivity index is 2.52. The summed E-state index contributed by atoms with van der Waals surface area (Å²) in [6, 6.07) is 3.64. The Morgan fingerprint density at radius 1 is 1.07 bits per heavy atom. The zero-order valence-corrected chi connectivity index (χ0v) is 7.14. The summed E-state index contributed by atoms with van der Waals surface area (Å²) in [6.45, 7) is 0. The van der Waals surface area contributed by atoms with Gasteiger partial charge in [0.15, 0.2) is 0 Å². The van der Waals surface area contributed by atoms with Gasteiger partial charge in [-0.1, -0.05) is 0 Å². The molecule has 1 amide bonds. The maximum Gasteiger partial charge on any atom is 0.281 e. The van der Waals surface area contributed by atoms with Crippen molar-refractivity contribution in [3.05, 3.63) is 40.2 Å². The number of aliphatic imine (C=N–C) groups is 1. The number of fused-ring (bicyclic) bond motifs is 3. The van der Waals surface area contributed by atoms with Crippen LogP contribution in [0.2, 0.25) is 0 Å². The van der Waals surface area contributed by atoms with Gasteiger partial charge in [0.25, 0.3) is 5.91 Å². The molecule has 0 atom stereocenters. The zero-order chi connectivity index (χ0) is 9.54. The molecule has 0 spiro atoms. The van der Waals surface area contributed by atoms with Crippen LogP contribution in [-0.4, -0.2) is 12.2 Å². The quantitative estimate of drug-likeness (QED) is 0.562. The normalized spacial score (nSPS) is 15.9. The van der Waals surface area contributed by atoms with Crippen LogP contribution >= 0.6 is 0 Å². The van der Waals surface area contributed by atoms with Crippen LogP contribution in [0.5, 0.6) is 0 Å². The summed E-state index contributed by atoms with van der Waals surface area (Å²) >= 11 is 0. The molecule has 0 saturated carbocycles. The van der Waals surface area contributed by atoms with Gasteiger partial charge in [-0.3, -0.25) is 9.79 Å². The van der Waals surface area contributed by atoms with Crippen LogP contribution < -0.4 is 10.7 Å². The van der Waals surface area contributed by atoms with Crippen molar-refractivity contribution in [3.63, 3.8) is 0 Å². The van der Waals surface area contributed by atoms with Gasteiger partial charge in [0.1, 0.15) is 6.34 Å². The van der Waals surface area contributed by atoms with Crippen LogP contribution in [0, 0.1) is 0 Å². The molecule has 2 aliphatic heterocycles. The standard InChI is InChI=1S/C10H5N3O/c14-10-9-6-3-4-11-7(6)1-2-8(9)12-5-13-10/h1-5H. The monoisotopic (exact) mass is 183 g/mol. The molecule has 2 aliphatic rings. The number of rotatable bonds is 0. The summed E-state index contributed by atoms with van der Waals surface area (Å²) in [7, 11) is 0. The Morgan fingerprint density at radius 3 is 2.86 bits per heavy atom. The lowest BCUT2D eigenvalue weighted by Crippen LogP contribution is -2.24. The van der Waals surface area contributed by atoms with E-state index >= 15 is 0 Å². The van der Waals surface area contributed by atoms with Crippen molar-refractivity contribution in [2.24, 2.45) is 15.0 Å². The molecule has 4 nitrogen and oxygen atoms in total. The summed E-state index contributed by atoms with van der Waals surface area (Å²) in [6.07, 6.45) is 4.77. The number of hydrogen-bond donors (Lipinski definition) is 0. The van der Waals surface area contributed by atoms with Crippen molar-refractivity contribution in [2.45, 2.75) is 0 Å². The molecule has 0 aromatic heterocycles. The van der Waals surface area contributed by atoms with Gasteiger partial charge in [0, 0.05) is 11.8 Å². The van der Waals surface area contributed by atoms with E-state index in [4.69, 9.17) is 0 Å². The average molecular weight is 183 g/mol. The molecular weight excluding hydrogens is 178 g/mol. The highest BCUT2D eigenvalue weighted by atomic mass is 16.1. The molecule has 66 valence electrons. The molecule has 3 rings (SSSR count). The van der Waals surface area contributed by atoms with Crippen LogP contribution in [0.1, 0.15) is 15.9 Å². The first-order valence-electron chi connectivity index (χ1n) is 4.18. The minimum absolute atomic E-state index is 0.242. The first-order chi connectivity index (χ1) is 6.86. The summed E-state index contributed by atoms with van der Waals surface area (Å²) < 4.78 is 0. The molecule has 0 radical (unpaired) electrons. The first kappa shape index (κ1) is 7.32. The third-order valence-corrected chi connectivity index (χ3v) is 2.24. The van der Waals surface area contributed by atoms with Crippen molar-refractivity contribution in [3.8, 4) is 0 Å². The molecule has 4 heteroatoms. The maximum atomic E-state index is 11.5. The molecule has 1 aromatic carbocycles. The highest BCUT2D eigenvalue weighted by molar-refractivity contribution is 6.03. The highest BCUT2D eigenvalue weighted by Gasteiger charge is 2.16. The lowest BCUT2D eigenvalue weighted by atomic mass is 10.1. The number of nitrogens with zero attached hydrogens (tertiary/aromatic N) is 3. The van der Waals surface area contributed by atoms with Crippen molar-refractivity contribution in [1.82, 2.24) is 0 Å². The van der Waals surface area contributed by atoms with E-state index in [0.717, 1.165) is 10.9 Å². The molecule has 1 aromatic rings. The topological polar surface area (TPSA) is 54.1 Å². The van der Waals surface area contributed by atoms with Gasteiger partial charge in [0.05, 0.1) is 16.3 Å². The summed E-state index contributed by atoms with van der Waals surface area (Å²) in [5, 5.41) is 1.48. The zero-order valence-electron chi connectivity index (χ0n) is 7.14. The summed E-state index contributed by atoms with van der Waals surface area (Å²) in [4.78, 5) is 23.3. The summed E-state index contributed by atoms with van der Waals surface area (Å²) in [5.74, 6) is -0.242. The minimum atomic E-state index is -0.242. The highest BCUT2D eigenvalue weighted by Crippen LogP contribution is 2.08. The Bertz CT molecular complexity index is 611. The van der Waals surface area contributed by atoms with E-state index in [9.17, 15) is 4.79 Å². The predicted octanol–water partition coefficient (Wildman–Crippen LogP) is 0.0922. The fourth-order valence-corrected chi connectivity index (χ4v) is 1.61. The largest absolute Gasteiger partial charge is 0.281 e. The van der Waals surface area contributed by atoms with Crippen LogP contribution in [0.25, 0.3) is 6.08 Å². The van der Waals surface area contributed by atoms with E-state index in [0.29, 0.717) is 10.9 Å². The van der Waals surface area contributed by atoms with E-state index in [1.54, 1.807) is 12.3 Å². The molecule has 0 saturated heterocycles. The van der Waals surface area contributed by atoms with Gasteiger partial charge in [0.2, 0.25) is 0 Å². The van der Waals surface area contributed by atoms with Gasteiger partial charge < -0.3 is 0 Å². The molecule has 0 N–H and O–H groups in total. The van der Waals surface area contributed by atoms with E-state index < -0.39 is 0 Å². The van der Waals surface area contributed by atoms with Crippen LogP contribution in [0.3, 0.4) is 0 Å². The molecule has 0 aliphatic carbocycles. The molecule has 0 fully saturated rings. The third kappa shape index (κ3) is 0.821. The third-order valence-electron chi connectivity index (χ3n) is 2.24. The molecule has 14 heavy (non-hydrogen) atoms. The Kier molecular flexibility index (Phi) is 1.28. The molecule has 0 unspecified atom stereocenters. The number of carbonyl (C=O) groups is 1. The second-order valence-corrected chi connectivity index (χ2v) is 3.02. The Morgan fingerprint density at radius 2 is 1.93 bits per heavy atom. The maximum absolute atomic E-state index is 11.5. The minimum Gasteiger partial charge on any atom is -0.267 e. The van der Waals surface area contributed by atoms with Crippen molar-refractivity contribution < 1.29 is 4.79 Å². The van der Waals surface area contributed by atoms with Crippen LogP contribution in [0.15, 0.2) is 33.3 Å². The first-order valence-corrected chi connectivity index (χ1v) is 4.18. The van der Waals surface area contributed by atoms with Crippen LogP contribution in [-0.2, 0) is 0 Å². The second-order valence-electron chi connectivity index (χ2n) is 3.02. The number of carbonyl (C=O) groups excluding carboxylic acids is 1. The lowest BCUT2D eigenvalue weighted by molar-refractivity contribution is 0.100. The van der Waals surface area contributed by atoms with Gasteiger partial charge in [-0.15, -0.1) is 0 Å². The lowest BCUT2D eigenvalue weighted by Gasteiger charge is -2.03. The smallest absolute Gasteiger partial charge is 0.267 e. The molecule has 0 bridgehead atoms. The fraction of sp³-hybridized carbons (Fsp3) is 0. The number of hydrogen-bond acceptors (Lipinski definition) is 3. The van der Waals surface area contributed by atoms with Crippen molar-refractivity contribution >= 4 is 18.3 Å². The van der Waals surface area contributed by atoms with Crippen molar-refractivity contribution in [2.75, 3.05) is 0 Å². The average Bonchev–Trinajstić information content (AvgIpc) is 2.65.